The topological polar surface area (TPSA) is 110 Å². The standard InChI is InChI=1S/C24H20F5N5O2/c25-17-3-1-2-16(24(27,28)29)21(17)34-15-7-18(26)19(32-11-15)12-33-22(36)23(4-5-23)8-20(35)13-6-14(30)10-31-9-13/h1-3,6-7,9-11,34H,4-5,8,12,30H2,(H,33,36). The molecule has 1 fully saturated rings. The van der Waals surface area contributed by atoms with Crippen LogP contribution < -0.4 is 16.4 Å². The van der Waals surface area contributed by atoms with E-state index in [-0.39, 0.29) is 35.7 Å². The lowest BCUT2D eigenvalue weighted by Crippen LogP contribution is -2.33. The van der Waals surface area contributed by atoms with Crippen LogP contribution in [-0.2, 0) is 17.5 Å². The Bertz CT molecular complexity index is 1320. The molecule has 0 saturated heterocycles. The highest BCUT2D eigenvalue weighted by Crippen LogP contribution is 2.49. The molecule has 2 heterocycles. The Hall–Kier alpha value is -4.09. The fourth-order valence-electron chi connectivity index (χ4n) is 3.70. The van der Waals surface area contributed by atoms with E-state index in [1.165, 1.54) is 18.5 Å². The second-order valence-corrected chi connectivity index (χ2v) is 8.51. The van der Waals surface area contributed by atoms with Crippen LogP contribution in [0.5, 0.6) is 0 Å². The van der Waals surface area contributed by atoms with E-state index in [2.05, 4.69) is 20.6 Å². The summed E-state index contributed by atoms with van der Waals surface area (Å²) >= 11 is 0. The normalized spacial score (nSPS) is 14.2. The smallest absolute Gasteiger partial charge is 0.397 e. The van der Waals surface area contributed by atoms with E-state index in [9.17, 15) is 31.5 Å². The van der Waals surface area contributed by atoms with Gasteiger partial charge in [-0.05, 0) is 31.0 Å². The van der Waals surface area contributed by atoms with Crippen LogP contribution in [0.3, 0.4) is 0 Å². The maximum atomic E-state index is 14.6. The van der Waals surface area contributed by atoms with Gasteiger partial charge in [-0.3, -0.25) is 19.6 Å². The minimum atomic E-state index is -4.83. The average molecular weight is 505 g/mol. The van der Waals surface area contributed by atoms with Gasteiger partial charge in [0.05, 0.1) is 46.5 Å². The first kappa shape index (κ1) is 25.0. The summed E-state index contributed by atoms with van der Waals surface area (Å²) in [5, 5.41) is 4.77. The molecule has 1 aromatic carbocycles. The van der Waals surface area contributed by atoms with Crippen molar-refractivity contribution in [2.24, 2.45) is 5.41 Å². The SMILES string of the molecule is Nc1cncc(C(=O)CC2(C(=O)NCc3ncc(Nc4c(F)cccc4C(F)(F)F)cc3F)CC2)c1. The van der Waals surface area contributed by atoms with Gasteiger partial charge in [-0.25, -0.2) is 8.78 Å². The Kier molecular flexibility index (Phi) is 6.61. The van der Waals surface area contributed by atoms with Crippen molar-refractivity contribution in [3.63, 3.8) is 0 Å². The first-order valence-corrected chi connectivity index (χ1v) is 10.8. The number of hydrogen-bond donors (Lipinski definition) is 3. The number of Topliss-reactive ketones (excluding diaryl/α,β-unsaturated/α-hetero) is 1. The number of nitrogens with zero attached hydrogens (tertiary/aromatic N) is 2. The van der Waals surface area contributed by atoms with Crippen LogP contribution >= 0.6 is 0 Å². The summed E-state index contributed by atoms with van der Waals surface area (Å²) in [6, 6.07) is 4.77. The van der Waals surface area contributed by atoms with Gasteiger partial charge in [0.25, 0.3) is 0 Å². The number of amides is 1. The molecular formula is C24H20F5N5O2. The largest absolute Gasteiger partial charge is 0.418 e. The molecule has 1 aliphatic rings. The first-order valence-electron chi connectivity index (χ1n) is 10.8. The number of anilines is 3. The van der Waals surface area contributed by atoms with Crippen molar-refractivity contribution in [2.75, 3.05) is 11.1 Å². The number of halogens is 5. The quantitative estimate of drug-likeness (QED) is 0.301. The van der Waals surface area contributed by atoms with E-state index in [0.717, 1.165) is 24.4 Å². The highest BCUT2D eigenvalue weighted by Gasteiger charge is 2.51. The molecule has 1 amide bonds. The number of benzene rings is 1. The molecule has 0 bridgehead atoms. The van der Waals surface area contributed by atoms with Crippen LogP contribution in [0.25, 0.3) is 0 Å². The molecule has 36 heavy (non-hydrogen) atoms. The van der Waals surface area contributed by atoms with Crippen molar-refractivity contribution in [1.29, 1.82) is 0 Å². The van der Waals surface area contributed by atoms with Crippen LogP contribution in [0.2, 0.25) is 0 Å². The summed E-state index contributed by atoms with van der Waals surface area (Å²) in [4.78, 5) is 32.9. The number of aromatic nitrogens is 2. The molecule has 2 aromatic heterocycles. The third kappa shape index (κ3) is 5.42. The third-order valence-corrected chi connectivity index (χ3v) is 5.84. The second-order valence-electron chi connectivity index (χ2n) is 8.51. The number of nitrogens with two attached hydrogens (primary N) is 1. The number of rotatable bonds is 8. The molecule has 1 aliphatic carbocycles. The van der Waals surface area contributed by atoms with Gasteiger partial charge in [-0.1, -0.05) is 6.07 Å². The molecule has 0 atom stereocenters. The van der Waals surface area contributed by atoms with Crippen LogP contribution in [0.4, 0.5) is 39.0 Å². The molecule has 3 aromatic rings. The molecule has 4 rings (SSSR count). The van der Waals surface area contributed by atoms with Crippen LogP contribution in [0, 0.1) is 17.0 Å². The Morgan fingerprint density at radius 3 is 2.44 bits per heavy atom. The highest BCUT2D eigenvalue weighted by molar-refractivity contribution is 6.01. The zero-order valence-corrected chi connectivity index (χ0v) is 18.6. The Labute approximate surface area is 201 Å². The molecule has 0 aliphatic heterocycles. The van der Waals surface area contributed by atoms with Crippen LogP contribution in [0.15, 0.2) is 48.9 Å². The number of nitrogens with one attached hydrogen (secondary N) is 2. The Balaban J connectivity index is 1.41. The predicted octanol–water partition coefficient (Wildman–Crippen LogP) is 4.77. The van der Waals surface area contributed by atoms with Crippen molar-refractivity contribution < 1.29 is 31.5 Å². The van der Waals surface area contributed by atoms with E-state index in [0.29, 0.717) is 24.6 Å². The first-order chi connectivity index (χ1) is 17.0. The molecule has 12 heteroatoms. The van der Waals surface area contributed by atoms with E-state index in [4.69, 9.17) is 5.73 Å². The summed E-state index contributed by atoms with van der Waals surface area (Å²) < 4.78 is 68.1. The molecule has 0 unspecified atom stereocenters. The fourth-order valence-corrected chi connectivity index (χ4v) is 3.70. The number of hydrogen-bond acceptors (Lipinski definition) is 6. The van der Waals surface area contributed by atoms with Gasteiger partial charge in [0.2, 0.25) is 5.91 Å². The zero-order valence-electron chi connectivity index (χ0n) is 18.6. The second kappa shape index (κ2) is 9.51. The van der Waals surface area contributed by atoms with Gasteiger partial charge in [-0.15, -0.1) is 0 Å². The molecule has 0 radical (unpaired) electrons. The maximum absolute atomic E-state index is 14.6. The number of nitrogen functional groups attached to an aromatic ring is 1. The Morgan fingerprint density at radius 1 is 1.06 bits per heavy atom. The fraction of sp³-hybridized carbons (Fsp3) is 0.250. The summed E-state index contributed by atoms with van der Waals surface area (Å²) in [5.74, 6) is -2.83. The Morgan fingerprint density at radius 2 is 1.81 bits per heavy atom. The number of carbonyl (C=O) groups is 2. The van der Waals surface area contributed by atoms with Gasteiger partial charge in [0, 0.05) is 30.4 Å². The lowest BCUT2D eigenvalue weighted by Gasteiger charge is -2.16. The lowest BCUT2D eigenvalue weighted by atomic mass is 9.95. The number of ketones is 1. The highest BCUT2D eigenvalue weighted by atomic mass is 19.4. The van der Waals surface area contributed by atoms with Crippen LogP contribution in [-0.4, -0.2) is 21.7 Å². The minimum absolute atomic E-state index is 0.0626. The molecule has 0 spiro atoms. The predicted molar refractivity (Wildman–Crippen MR) is 120 cm³/mol. The van der Waals surface area contributed by atoms with E-state index in [1.54, 1.807) is 0 Å². The van der Waals surface area contributed by atoms with Crippen molar-refractivity contribution in [2.45, 2.75) is 32.0 Å². The van der Waals surface area contributed by atoms with Gasteiger partial charge in [-0.2, -0.15) is 13.2 Å². The van der Waals surface area contributed by atoms with Gasteiger partial charge >= 0.3 is 6.18 Å². The van der Waals surface area contributed by atoms with E-state index in [1.807, 2.05) is 0 Å². The van der Waals surface area contributed by atoms with Gasteiger partial charge < -0.3 is 16.4 Å². The van der Waals surface area contributed by atoms with Gasteiger partial charge in [0.15, 0.2) is 5.78 Å². The maximum Gasteiger partial charge on any atom is 0.418 e. The number of carbonyl (C=O) groups excluding carboxylic acids is 2. The van der Waals surface area contributed by atoms with Crippen molar-refractivity contribution >= 4 is 28.8 Å². The molecule has 4 N–H and O–H groups in total. The number of pyridine rings is 2. The molecule has 188 valence electrons. The van der Waals surface area contributed by atoms with Gasteiger partial charge in [0.1, 0.15) is 11.6 Å². The van der Waals surface area contributed by atoms with Crippen LogP contribution in [0.1, 0.15) is 40.9 Å². The third-order valence-electron chi connectivity index (χ3n) is 5.84. The van der Waals surface area contributed by atoms with Crippen molar-refractivity contribution in [3.8, 4) is 0 Å². The minimum Gasteiger partial charge on any atom is -0.397 e. The summed E-state index contributed by atoms with van der Waals surface area (Å²) in [6.45, 7) is -0.311. The van der Waals surface area contributed by atoms with E-state index < -0.39 is 40.4 Å². The summed E-state index contributed by atoms with van der Waals surface area (Å²) in [7, 11) is 0. The number of para-hydroxylation sites is 1. The summed E-state index contributed by atoms with van der Waals surface area (Å²) in [6.07, 6.45) is -0.158. The van der Waals surface area contributed by atoms with E-state index >= 15 is 0 Å². The number of alkyl halides is 3. The average Bonchev–Trinajstić information content (AvgIpc) is 3.59. The lowest BCUT2D eigenvalue weighted by molar-refractivity contribution is -0.137. The molecule has 1 saturated carbocycles. The van der Waals surface area contributed by atoms with Crippen molar-refractivity contribution in [1.82, 2.24) is 15.3 Å². The molecule has 7 nitrogen and oxygen atoms in total. The van der Waals surface area contributed by atoms with Crippen molar-refractivity contribution in [3.05, 3.63) is 77.4 Å². The molecular weight excluding hydrogens is 485 g/mol. The monoisotopic (exact) mass is 505 g/mol. The summed E-state index contributed by atoms with van der Waals surface area (Å²) in [5.41, 5.74) is 2.83. The zero-order chi connectivity index (χ0) is 26.1.